The summed E-state index contributed by atoms with van der Waals surface area (Å²) in [5, 5.41) is 0. The lowest BCUT2D eigenvalue weighted by atomic mass is 9.92. The minimum absolute atomic E-state index is 0.0766. The molecule has 26 heavy (non-hydrogen) atoms. The molecule has 0 amide bonds. The molecule has 0 atom stereocenters. The van der Waals surface area contributed by atoms with Crippen LogP contribution in [0, 0.1) is 17.5 Å². The van der Waals surface area contributed by atoms with E-state index in [-0.39, 0.29) is 11.1 Å². The van der Waals surface area contributed by atoms with Gasteiger partial charge in [0.2, 0.25) is 0 Å². The quantitative estimate of drug-likeness (QED) is 0.333. The molecule has 0 saturated heterocycles. The Morgan fingerprint density at radius 2 is 1.50 bits per heavy atom. The van der Waals surface area contributed by atoms with E-state index in [1.165, 1.54) is 12.1 Å². The highest BCUT2D eigenvalue weighted by Crippen LogP contribution is 2.36. The van der Waals surface area contributed by atoms with E-state index in [2.05, 4.69) is 6.58 Å². The number of unbranched alkanes of at least 4 members (excludes halogenated alkanes) is 1. The highest BCUT2D eigenvalue weighted by atomic mass is 19.2. The van der Waals surface area contributed by atoms with Gasteiger partial charge >= 0.3 is 0 Å². The molecule has 0 fully saturated rings. The molecule has 0 spiro atoms. The Morgan fingerprint density at radius 1 is 0.769 bits per heavy atom. The first kappa shape index (κ1) is 18.0. The number of allylic oxidation sites excluding steroid dienone is 1. The zero-order valence-corrected chi connectivity index (χ0v) is 14.3. The van der Waals surface area contributed by atoms with E-state index in [0.717, 1.165) is 30.9 Å². The van der Waals surface area contributed by atoms with Crippen molar-refractivity contribution >= 4 is 0 Å². The van der Waals surface area contributed by atoms with E-state index in [4.69, 9.17) is 0 Å². The maximum Gasteiger partial charge on any atom is 0.167 e. The van der Waals surface area contributed by atoms with E-state index >= 15 is 0 Å². The summed E-state index contributed by atoms with van der Waals surface area (Å²) >= 11 is 0. The monoisotopic (exact) mass is 352 g/mol. The number of hydrogen-bond acceptors (Lipinski definition) is 0. The van der Waals surface area contributed by atoms with Gasteiger partial charge < -0.3 is 0 Å². The fraction of sp³-hybridized carbons (Fsp3) is 0.130. The largest absolute Gasteiger partial charge is 0.206 e. The summed E-state index contributed by atoms with van der Waals surface area (Å²) in [5.74, 6) is -2.39. The van der Waals surface area contributed by atoms with Gasteiger partial charge in [-0.15, -0.1) is 6.58 Å². The van der Waals surface area contributed by atoms with Crippen LogP contribution in [0.25, 0.3) is 22.3 Å². The number of aryl methyl sites for hydroxylation is 1. The SMILES string of the molecule is C=CCCCc1ccc(-c2c(-c3ccccc3F)ccc(F)c2F)cc1. The first-order valence-corrected chi connectivity index (χ1v) is 8.55. The summed E-state index contributed by atoms with van der Waals surface area (Å²) in [5.41, 5.74) is 2.29. The van der Waals surface area contributed by atoms with Crippen LogP contribution in [-0.4, -0.2) is 0 Å². The Bertz CT molecular complexity index is 911. The molecule has 0 radical (unpaired) electrons. The van der Waals surface area contributed by atoms with Crippen molar-refractivity contribution < 1.29 is 13.2 Å². The molecule has 3 rings (SSSR count). The first-order chi connectivity index (χ1) is 12.6. The summed E-state index contributed by atoms with van der Waals surface area (Å²) in [6.07, 6.45) is 4.67. The minimum Gasteiger partial charge on any atom is -0.206 e. The van der Waals surface area contributed by atoms with Crippen LogP contribution in [0.2, 0.25) is 0 Å². The van der Waals surface area contributed by atoms with Crippen LogP contribution in [0.5, 0.6) is 0 Å². The molecule has 0 aliphatic heterocycles. The molecule has 0 aliphatic rings. The van der Waals surface area contributed by atoms with Crippen LogP contribution in [-0.2, 0) is 6.42 Å². The minimum atomic E-state index is -0.967. The predicted molar refractivity (Wildman–Crippen MR) is 100 cm³/mol. The van der Waals surface area contributed by atoms with E-state index in [1.54, 1.807) is 30.3 Å². The Morgan fingerprint density at radius 3 is 2.19 bits per heavy atom. The van der Waals surface area contributed by atoms with Gasteiger partial charge in [0.05, 0.1) is 0 Å². The van der Waals surface area contributed by atoms with Gasteiger partial charge in [-0.1, -0.05) is 54.6 Å². The van der Waals surface area contributed by atoms with Gasteiger partial charge in [0.25, 0.3) is 0 Å². The Labute approximate surface area is 151 Å². The highest BCUT2D eigenvalue weighted by molar-refractivity contribution is 5.84. The van der Waals surface area contributed by atoms with Crippen LogP contribution in [0.15, 0.2) is 73.3 Å². The summed E-state index contributed by atoms with van der Waals surface area (Å²) in [6.45, 7) is 3.70. The molecular weight excluding hydrogens is 333 g/mol. The second-order valence-corrected chi connectivity index (χ2v) is 6.14. The van der Waals surface area contributed by atoms with Crippen molar-refractivity contribution in [2.24, 2.45) is 0 Å². The van der Waals surface area contributed by atoms with E-state index in [1.807, 2.05) is 18.2 Å². The lowest BCUT2D eigenvalue weighted by molar-refractivity contribution is 0.511. The predicted octanol–water partition coefficient (Wildman–Crippen LogP) is 6.95. The van der Waals surface area contributed by atoms with E-state index in [0.29, 0.717) is 11.1 Å². The Hall–Kier alpha value is -2.81. The molecule has 0 aromatic heterocycles. The smallest absolute Gasteiger partial charge is 0.167 e. The molecule has 132 valence electrons. The van der Waals surface area contributed by atoms with Crippen LogP contribution in [0.4, 0.5) is 13.2 Å². The molecule has 0 bridgehead atoms. The standard InChI is InChI=1S/C23H19F3/c1-2-3-4-7-16-10-12-17(13-11-16)22-19(14-15-21(25)23(22)26)18-8-5-6-9-20(18)24/h2,5-6,8-15H,1,3-4,7H2. The molecule has 0 heterocycles. The van der Waals surface area contributed by atoms with Gasteiger partial charge in [-0.2, -0.15) is 0 Å². The van der Waals surface area contributed by atoms with Crippen molar-refractivity contribution in [1.82, 2.24) is 0 Å². The molecule has 3 heteroatoms. The van der Waals surface area contributed by atoms with Crippen LogP contribution in [0.3, 0.4) is 0 Å². The average molecular weight is 352 g/mol. The number of rotatable bonds is 6. The lowest BCUT2D eigenvalue weighted by Gasteiger charge is -2.13. The maximum atomic E-state index is 14.6. The number of hydrogen-bond donors (Lipinski definition) is 0. The molecule has 0 saturated carbocycles. The normalized spacial score (nSPS) is 10.7. The second kappa shape index (κ2) is 8.05. The van der Waals surface area contributed by atoms with Gasteiger partial charge in [-0.25, -0.2) is 13.2 Å². The third kappa shape index (κ3) is 3.72. The van der Waals surface area contributed by atoms with Gasteiger partial charge in [-0.3, -0.25) is 0 Å². The summed E-state index contributed by atoms with van der Waals surface area (Å²) in [7, 11) is 0. The molecular formula is C23H19F3. The fourth-order valence-electron chi connectivity index (χ4n) is 3.03. The molecule has 3 aromatic carbocycles. The van der Waals surface area contributed by atoms with Crippen LogP contribution < -0.4 is 0 Å². The fourth-order valence-corrected chi connectivity index (χ4v) is 3.03. The molecule has 0 nitrogen and oxygen atoms in total. The van der Waals surface area contributed by atoms with Crippen molar-refractivity contribution in [2.75, 3.05) is 0 Å². The van der Waals surface area contributed by atoms with Crippen LogP contribution >= 0.6 is 0 Å². The lowest BCUT2D eigenvalue weighted by Crippen LogP contribution is -1.96. The number of benzene rings is 3. The molecule has 0 aliphatic carbocycles. The first-order valence-electron chi connectivity index (χ1n) is 8.55. The van der Waals surface area contributed by atoms with E-state index in [9.17, 15) is 13.2 Å². The van der Waals surface area contributed by atoms with Crippen molar-refractivity contribution in [3.8, 4) is 22.3 Å². The number of halogens is 3. The molecule has 3 aromatic rings. The molecule has 0 N–H and O–H groups in total. The molecule has 0 unspecified atom stereocenters. The van der Waals surface area contributed by atoms with Gasteiger partial charge in [0, 0.05) is 11.1 Å². The van der Waals surface area contributed by atoms with Gasteiger partial charge in [0.1, 0.15) is 5.82 Å². The van der Waals surface area contributed by atoms with Crippen LogP contribution in [0.1, 0.15) is 18.4 Å². The zero-order chi connectivity index (χ0) is 18.5. The second-order valence-electron chi connectivity index (χ2n) is 6.14. The van der Waals surface area contributed by atoms with Gasteiger partial charge in [0.15, 0.2) is 11.6 Å². The zero-order valence-electron chi connectivity index (χ0n) is 14.3. The average Bonchev–Trinajstić information content (AvgIpc) is 2.65. The van der Waals surface area contributed by atoms with Crippen molar-refractivity contribution in [2.45, 2.75) is 19.3 Å². The van der Waals surface area contributed by atoms with E-state index < -0.39 is 17.5 Å². The Balaban J connectivity index is 2.05. The highest BCUT2D eigenvalue weighted by Gasteiger charge is 2.18. The van der Waals surface area contributed by atoms with Crippen molar-refractivity contribution in [1.29, 1.82) is 0 Å². The van der Waals surface area contributed by atoms with Crippen molar-refractivity contribution in [3.05, 3.63) is 96.3 Å². The van der Waals surface area contributed by atoms with Crippen molar-refractivity contribution in [3.63, 3.8) is 0 Å². The summed E-state index contributed by atoms with van der Waals surface area (Å²) in [6, 6.07) is 15.9. The third-order valence-corrected chi connectivity index (χ3v) is 4.38. The Kier molecular flexibility index (Phi) is 5.57. The summed E-state index contributed by atoms with van der Waals surface area (Å²) in [4.78, 5) is 0. The topological polar surface area (TPSA) is 0 Å². The maximum absolute atomic E-state index is 14.6. The summed E-state index contributed by atoms with van der Waals surface area (Å²) < 4.78 is 42.7. The third-order valence-electron chi connectivity index (χ3n) is 4.38. The van der Waals surface area contributed by atoms with Gasteiger partial charge in [-0.05, 0) is 48.1 Å².